The number of hydrogen-bond donors (Lipinski definition) is 0. The van der Waals surface area contributed by atoms with E-state index in [9.17, 15) is 8.78 Å². The monoisotopic (exact) mass is 163 g/mol. The SMILES string of the molecule is FC(F)(Cl)c1ccccn1. The highest BCUT2D eigenvalue weighted by molar-refractivity contribution is 6.21. The molecule has 0 radical (unpaired) electrons. The van der Waals surface area contributed by atoms with Crippen molar-refractivity contribution in [1.29, 1.82) is 0 Å². The van der Waals surface area contributed by atoms with Crippen LogP contribution >= 0.6 is 11.6 Å². The van der Waals surface area contributed by atoms with E-state index in [-0.39, 0.29) is 0 Å². The minimum atomic E-state index is -3.35. The van der Waals surface area contributed by atoms with Crippen molar-refractivity contribution in [3.05, 3.63) is 30.1 Å². The maximum atomic E-state index is 12.2. The van der Waals surface area contributed by atoms with Crippen molar-refractivity contribution in [2.75, 3.05) is 0 Å². The van der Waals surface area contributed by atoms with Gasteiger partial charge in [0.1, 0.15) is 5.69 Å². The van der Waals surface area contributed by atoms with Crippen molar-refractivity contribution >= 4 is 11.6 Å². The van der Waals surface area contributed by atoms with E-state index in [0.717, 1.165) is 0 Å². The zero-order chi connectivity index (χ0) is 7.61. The molecule has 1 nitrogen and oxygen atoms in total. The van der Waals surface area contributed by atoms with Crippen LogP contribution in [0.15, 0.2) is 24.4 Å². The fourth-order valence-electron chi connectivity index (χ4n) is 0.530. The Labute approximate surface area is 61.7 Å². The number of aromatic nitrogens is 1. The molecule has 1 aromatic rings. The molecule has 0 amide bonds. The van der Waals surface area contributed by atoms with Crippen molar-refractivity contribution in [2.45, 2.75) is 5.38 Å². The van der Waals surface area contributed by atoms with Crippen LogP contribution in [0.1, 0.15) is 5.69 Å². The number of halogens is 3. The van der Waals surface area contributed by atoms with Gasteiger partial charge in [0.05, 0.1) is 0 Å². The van der Waals surface area contributed by atoms with E-state index in [4.69, 9.17) is 0 Å². The van der Waals surface area contributed by atoms with Crippen LogP contribution in [0, 0.1) is 0 Å². The Morgan fingerprint density at radius 1 is 1.40 bits per heavy atom. The van der Waals surface area contributed by atoms with E-state index in [1.807, 2.05) is 0 Å². The van der Waals surface area contributed by atoms with Gasteiger partial charge in [-0.3, -0.25) is 4.98 Å². The summed E-state index contributed by atoms with van der Waals surface area (Å²) in [5.41, 5.74) is -0.420. The van der Waals surface area contributed by atoms with Crippen molar-refractivity contribution in [1.82, 2.24) is 4.98 Å². The fourth-order valence-corrected chi connectivity index (χ4v) is 0.642. The number of alkyl halides is 3. The Hall–Kier alpha value is -0.700. The Kier molecular flexibility index (Phi) is 1.85. The first-order valence-electron chi connectivity index (χ1n) is 2.59. The molecule has 10 heavy (non-hydrogen) atoms. The average molecular weight is 164 g/mol. The summed E-state index contributed by atoms with van der Waals surface area (Å²) in [6.45, 7) is 0. The van der Waals surface area contributed by atoms with Crippen LogP contribution in [0.5, 0.6) is 0 Å². The first-order chi connectivity index (χ1) is 4.61. The zero-order valence-corrected chi connectivity index (χ0v) is 5.65. The highest BCUT2D eigenvalue weighted by atomic mass is 35.5. The molecular weight excluding hydrogens is 160 g/mol. The molecule has 4 heteroatoms. The van der Waals surface area contributed by atoms with Gasteiger partial charge in [-0.05, 0) is 23.7 Å². The Balaban J connectivity index is 2.97. The van der Waals surface area contributed by atoms with Crippen LogP contribution in [-0.4, -0.2) is 4.98 Å². The molecule has 0 aromatic carbocycles. The van der Waals surface area contributed by atoms with Crippen LogP contribution in [0.2, 0.25) is 0 Å². The topological polar surface area (TPSA) is 12.9 Å². The van der Waals surface area contributed by atoms with Gasteiger partial charge < -0.3 is 0 Å². The van der Waals surface area contributed by atoms with Gasteiger partial charge in [0.15, 0.2) is 0 Å². The molecule has 0 spiro atoms. The number of hydrogen-bond acceptors (Lipinski definition) is 1. The van der Waals surface area contributed by atoms with Crippen molar-refractivity contribution in [2.24, 2.45) is 0 Å². The number of rotatable bonds is 1. The van der Waals surface area contributed by atoms with Gasteiger partial charge in [-0.15, -0.1) is 0 Å². The van der Waals surface area contributed by atoms with Gasteiger partial charge in [-0.2, -0.15) is 8.78 Å². The standard InChI is InChI=1S/C6H4ClF2N/c7-6(8,9)5-3-1-2-4-10-5/h1-4H. The van der Waals surface area contributed by atoms with E-state index in [0.29, 0.717) is 0 Å². The zero-order valence-electron chi connectivity index (χ0n) is 4.89. The van der Waals surface area contributed by atoms with E-state index >= 15 is 0 Å². The lowest BCUT2D eigenvalue weighted by Crippen LogP contribution is -2.04. The number of nitrogens with zero attached hydrogens (tertiary/aromatic N) is 1. The normalized spacial score (nSPS) is 11.5. The third kappa shape index (κ3) is 1.64. The molecule has 1 rings (SSSR count). The minimum absolute atomic E-state index is 0.420. The molecule has 1 heterocycles. The molecular formula is C6H4ClF2N. The third-order valence-corrected chi connectivity index (χ3v) is 1.15. The largest absolute Gasteiger partial charge is 0.364 e. The smallest absolute Gasteiger partial charge is 0.254 e. The first-order valence-corrected chi connectivity index (χ1v) is 2.97. The second-order valence-electron chi connectivity index (χ2n) is 1.71. The third-order valence-electron chi connectivity index (χ3n) is 0.955. The van der Waals surface area contributed by atoms with E-state index in [2.05, 4.69) is 16.6 Å². The quantitative estimate of drug-likeness (QED) is 0.580. The summed E-state index contributed by atoms with van der Waals surface area (Å²) in [6, 6.07) is 4.18. The Morgan fingerprint density at radius 3 is 2.40 bits per heavy atom. The lowest BCUT2D eigenvalue weighted by Gasteiger charge is -2.04. The first kappa shape index (κ1) is 7.41. The van der Waals surface area contributed by atoms with Crippen LogP contribution in [0.4, 0.5) is 8.78 Å². The molecule has 0 bridgehead atoms. The van der Waals surface area contributed by atoms with Crippen molar-refractivity contribution in [3.63, 3.8) is 0 Å². The second-order valence-corrected chi connectivity index (χ2v) is 2.19. The summed E-state index contributed by atoms with van der Waals surface area (Å²) in [5.74, 6) is 0. The van der Waals surface area contributed by atoms with Gasteiger partial charge in [-0.25, -0.2) is 0 Å². The fraction of sp³-hybridized carbons (Fsp3) is 0.167. The molecule has 1 aromatic heterocycles. The van der Waals surface area contributed by atoms with E-state index in [1.54, 1.807) is 6.07 Å². The van der Waals surface area contributed by atoms with Gasteiger partial charge in [0.2, 0.25) is 0 Å². The molecule has 0 atom stereocenters. The second kappa shape index (κ2) is 2.50. The number of pyridine rings is 1. The molecule has 54 valence electrons. The molecule has 0 unspecified atom stereocenters. The van der Waals surface area contributed by atoms with Crippen LogP contribution < -0.4 is 0 Å². The lowest BCUT2D eigenvalue weighted by molar-refractivity contribution is 0.0900. The molecule has 0 fully saturated rings. The Bertz CT molecular complexity index is 207. The van der Waals surface area contributed by atoms with Gasteiger partial charge >= 0.3 is 5.38 Å². The maximum absolute atomic E-state index is 12.2. The van der Waals surface area contributed by atoms with Gasteiger partial charge in [0, 0.05) is 6.20 Å². The highest BCUT2D eigenvalue weighted by Crippen LogP contribution is 2.29. The molecule has 0 aliphatic carbocycles. The Morgan fingerprint density at radius 2 is 2.10 bits per heavy atom. The van der Waals surface area contributed by atoms with Crippen LogP contribution in [0.3, 0.4) is 0 Å². The predicted octanol–water partition coefficient (Wildman–Crippen LogP) is 2.37. The van der Waals surface area contributed by atoms with E-state index in [1.165, 1.54) is 18.3 Å². The molecule has 0 saturated carbocycles. The summed E-state index contributed by atoms with van der Waals surface area (Å²) in [7, 11) is 0. The molecule has 0 aliphatic rings. The van der Waals surface area contributed by atoms with Crippen molar-refractivity contribution < 1.29 is 8.78 Å². The predicted molar refractivity (Wildman–Crippen MR) is 34.0 cm³/mol. The minimum Gasteiger partial charge on any atom is -0.254 e. The van der Waals surface area contributed by atoms with Gasteiger partial charge in [-0.1, -0.05) is 6.07 Å². The van der Waals surface area contributed by atoms with Crippen molar-refractivity contribution in [3.8, 4) is 0 Å². The van der Waals surface area contributed by atoms with Crippen LogP contribution in [0.25, 0.3) is 0 Å². The average Bonchev–Trinajstić information content (AvgIpc) is 1.88. The van der Waals surface area contributed by atoms with E-state index < -0.39 is 11.1 Å². The lowest BCUT2D eigenvalue weighted by atomic mass is 10.4. The summed E-state index contributed by atoms with van der Waals surface area (Å²) >= 11 is 4.66. The summed E-state index contributed by atoms with van der Waals surface area (Å²) in [6.07, 6.45) is 1.27. The summed E-state index contributed by atoms with van der Waals surface area (Å²) < 4.78 is 24.3. The van der Waals surface area contributed by atoms with Crippen LogP contribution in [-0.2, 0) is 5.38 Å². The van der Waals surface area contributed by atoms with Gasteiger partial charge in [0.25, 0.3) is 0 Å². The molecule has 0 saturated heterocycles. The molecule has 0 aliphatic heterocycles. The summed E-state index contributed by atoms with van der Waals surface area (Å²) in [5, 5.41) is -3.35. The maximum Gasteiger partial charge on any atom is 0.364 e. The highest BCUT2D eigenvalue weighted by Gasteiger charge is 2.28. The summed E-state index contributed by atoms with van der Waals surface area (Å²) in [4.78, 5) is 3.37. The molecule has 0 N–H and O–H groups in total.